The molecule has 0 heterocycles. The van der Waals surface area contributed by atoms with Gasteiger partial charge in [0.05, 0.1) is 26.2 Å². The van der Waals surface area contributed by atoms with Gasteiger partial charge in [-0.1, -0.05) is 12.1 Å². The summed E-state index contributed by atoms with van der Waals surface area (Å²) in [6.07, 6.45) is -0.926. The Balaban J connectivity index is 2.65. The molecule has 0 aliphatic heterocycles. The van der Waals surface area contributed by atoms with Crippen molar-refractivity contribution in [2.45, 2.75) is 25.5 Å². The predicted molar refractivity (Wildman–Crippen MR) is 67.2 cm³/mol. The van der Waals surface area contributed by atoms with Crippen LogP contribution in [0.2, 0.25) is 0 Å². The molecule has 0 saturated carbocycles. The fourth-order valence-corrected chi connectivity index (χ4v) is 1.56. The van der Waals surface area contributed by atoms with Crippen LogP contribution in [0.4, 0.5) is 0 Å². The van der Waals surface area contributed by atoms with E-state index in [1.54, 1.807) is 24.3 Å². The van der Waals surface area contributed by atoms with Crippen LogP contribution < -0.4 is 10.5 Å². The van der Waals surface area contributed by atoms with Gasteiger partial charge in [0.25, 0.3) is 0 Å². The van der Waals surface area contributed by atoms with E-state index in [1.807, 2.05) is 6.92 Å². The van der Waals surface area contributed by atoms with Crippen LogP contribution in [-0.4, -0.2) is 30.8 Å². The van der Waals surface area contributed by atoms with Gasteiger partial charge in [-0.05, 0) is 24.6 Å². The first-order chi connectivity index (χ1) is 8.58. The molecule has 5 heteroatoms. The number of rotatable bonds is 6. The highest BCUT2D eigenvalue weighted by Crippen LogP contribution is 2.21. The Hall–Kier alpha value is -1.59. The van der Waals surface area contributed by atoms with Gasteiger partial charge in [0.2, 0.25) is 0 Å². The lowest BCUT2D eigenvalue weighted by Gasteiger charge is -2.18. The molecule has 1 aromatic carbocycles. The van der Waals surface area contributed by atoms with Crippen molar-refractivity contribution in [1.29, 1.82) is 0 Å². The number of ether oxygens (including phenoxy) is 2. The summed E-state index contributed by atoms with van der Waals surface area (Å²) in [5, 5.41) is 9.98. The number of aliphatic hydroxyl groups excluding tert-OH is 1. The number of carbonyl (C=O) groups is 1. The largest absolute Gasteiger partial charge is 0.494 e. The summed E-state index contributed by atoms with van der Waals surface area (Å²) in [6.45, 7) is 2.48. The normalized spacial score (nSPS) is 13.8. The smallest absolute Gasteiger partial charge is 0.307 e. The SMILES string of the molecule is CCOc1ccc(C(O)C(N)CC(=O)OC)cc1. The molecule has 100 valence electrons. The van der Waals surface area contributed by atoms with E-state index in [1.165, 1.54) is 7.11 Å². The van der Waals surface area contributed by atoms with Crippen molar-refractivity contribution in [2.24, 2.45) is 5.73 Å². The van der Waals surface area contributed by atoms with Crippen molar-refractivity contribution in [3.05, 3.63) is 29.8 Å². The Kier molecular flexibility index (Phi) is 5.61. The average molecular weight is 253 g/mol. The molecular formula is C13H19NO4. The third kappa shape index (κ3) is 4.01. The summed E-state index contributed by atoms with van der Waals surface area (Å²) in [5.74, 6) is 0.294. The monoisotopic (exact) mass is 253 g/mol. The topological polar surface area (TPSA) is 81.8 Å². The van der Waals surface area contributed by atoms with E-state index in [-0.39, 0.29) is 6.42 Å². The van der Waals surface area contributed by atoms with E-state index in [4.69, 9.17) is 10.5 Å². The van der Waals surface area contributed by atoms with Crippen LogP contribution in [0.5, 0.6) is 5.75 Å². The van der Waals surface area contributed by atoms with Crippen molar-refractivity contribution in [3.8, 4) is 5.75 Å². The second-order valence-electron chi connectivity index (χ2n) is 3.89. The average Bonchev–Trinajstić information content (AvgIpc) is 2.39. The molecule has 0 saturated heterocycles. The molecule has 0 aliphatic rings. The van der Waals surface area contributed by atoms with E-state index in [0.717, 1.165) is 5.75 Å². The number of esters is 1. The zero-order valence-corrected chi connectivity index (χ0v) is 10.6. The van der Waals surface area contributed by atoms with Crippen LogP contribution in [0.1, 0.15) is 25.0 Å². The van der Waals surface area contributed by atoms with Crippen LogP contribution in [0.15, 0.2) is 24.3 Å². The fraction of sp³-hybridized carbons (Fsp3) is 0.462. The second kappa shape index (κ2) is 6.98. The maximum absolute atomic E-state index is 11.1. The van der Waals surface area contributed by atoms with Crippen molar-refractivity contribution in [3.63, 3.8) is 0 Å². The third-order valence-corrected chi connectivity index (χ3v) is 2.57. The van der Waals surface area contributed by atoms with Crippen molar-refractivity contribution >= 4 is 5.97 Å². The number of nitrogens with two attached hydrogens (primary N) is 1. The first-order valence-corrected chi connectivity index (χ1v) is 5.81. The predicted octanol–water partition coefficient (Wildman–Crippen LogP) is 1.01. The van der Waals surface area contributed by atoms with E-state index in [9.17, 15) is 9.90 Å². The van der Waals surface area contributed by atoms with Crippen molar-refractivity contribution in [1.82, 2.24) is 0 Å². The standard InChI is InChI=1S/C13H19NO4/c1-3-18-10-6-4-9(5-7-10)13(16)11(14)8-12(15)17-2/h4-7,11,13,16H,3,8,14H2,1-2H3. The van der Waals surface area contributed by atoms with Gasteiger partial charge in [-0.2, -0.15) is 0 Å². The van der Waals surface area contributed by atoms with Crippen molar-refractivity contribution < 1.29 is 19.4 Å². The highest BCUT2D eigenvalue weighted by Gasteiger charge is 2.20. The quantitative estimate of drug-likeness (QED) is 0.739. The Morgan fingerprint density at radius 3 is 2.50 bits per heavy atom. The molecule has 0 fully saturated rings. The molecule has 18 heavy (non-hydrogen) atoms. The van der Waals surface area contributed by atoms with Gasteiger partial charge in [-0.25, -0.2) is 0 Å². The number of methoxy groups -OCH3 is 1. The lowest BCUT2D eigenvalue weighted by atomic mass is 10.0. The lowest BCUT2D eigenvalue weighted by molar-refractivity contribution is -0.141. The third-order valence-electron chi connectivity index (χ3n) is 2.57. The molecule has 0 aliphatic carbocycles. The van der Waals surface area contributed by atoms with Gasteiger partial charge in [-0.3, -0.25) is 4.79 Å². The van der Waals surface area contributed by atoms with Crippen LogP contribution in [0.25, 0.3) is 0 Å². The lowest BCUT2D eigenvalue weighted by Crippen LogP contribution is -2.31. The van der Waals surface area contributed by atoms with Crippen molar-refractivity contribution in [2.75, 3.05) is 13.7 Å². The summed E-state index contributed by atoms with van der Waals surface area (Å²) < 4.78 is 9.80. The minimum Gasteiger partial charge on any atom is -0.494 e. The van der Waals surface area contributed by atoms with Crippen LogP contribution in [0, 0.1) is 0 Å². The molecule has 0 amide bonds. The number of hydrogen-bond acceptors (Lipinski definition) is 5. The molecule has 5 nitrogen and oxygen atoms in total. The fourth-order valence-electron chi connectivity index (χ4n) is 1.56. The highest BCUT2D eigenvalue weighted by molar-refractivity contribution is 5.70. The molecule has 3 N–H and O–H groups in total. The van der Waals surface area contributed by atoms with E-state index < -0.39 is 18.1 Å². The molecule has 0 aromatic heterocycles. The summed E-state index contributed by atoms with van der Waals surface area (Å²) in [7, 11) is 1.29. The molecule has 0 spiro atoms. The van der Waals surface area contributed by atoms with Gasteiger partial charge >= 0.3 is 5.97 Å². The summed E-state index contributed by atoms with van der Waals surface area (Å²) >= 11 is 0. The van der Waals surface area contributed by atoms with Crippen LogP contribution in [-0.2, 0) is 9.53 Å². The summed E-state index contributed by atoms with van der Waals surface area (Å²) in [6, 6.07) is 6.29. The zero-order valence-electron chi connectivity index (χ0n) is 10.6. The molecule has 0 radical (unpaired) electrons. The van der Waals surface area contributed by atoms with Gasteiger partial charge in [0.15, 0.2) is 0 Å². The van der Waals surface area contributed by atoms with E-state index in [0.29, 0.717) is 12.2 Å². The van der Waals surface area contributed by atoms with Crippen LogP contribution >= 0.6 is 0 Å². The van der Waals surface area contributed by atoms with Gasteiger partial charge < -0.3 is 20.3 Å². The number of hydrogen-bond donors (Lipinski definition) is 2. The maximum atomic E-state index is 11.1. The molecule has 1 rings (SSSR count). The van der Waals surface area contributed by atoms with Gasteiger partial charge in [0, 0.05) is 6.04 Å². The van der Waals surface area contributed by atoms with Crippen LogP contribution in [0.3, 0.4) is 0 Å². The minimum atomic E-state index is -0.903. The molecule has 2 unspecified atom stereocenters. The molecule has 1 aromatic rings. The van der Waals surface area contributed by atoms with Gasteiger partial charge in [0.1, 0.15) is 5.75 Å². The number of carbonyl (C=O) groups excluding carboxylic acids is 1. The Bertz CT molecular complexity index is 377. The highest BCUT2D eigenvalue weighted by atomic mass is 16.5. The zero-order chi connectivity index (χ0) is 13.5. The molecule has 0 bridgehead atoms. The molecule has 2 atom stereocenters. The number of aliphatic hydroxyl groups is 1. The summed E-state index contributed by atoms with van der Waals surface area (Å²) in [5.41, 5.74) is 6.39. The second-order valence-corrected chi connectivity index (χ2v) is 3.89. The Morgan fingerprint density at radius 1 is 1.39 bits per heavy atom. The Morgan fingerprint density at radius 2 is 2.00 bits per heavy atom. The first-order valence-electron chi connectivity index (χ1n) is 5.81. The minimum absolute atomic E-state index is 0.0229. The number of benzene rings is 1. The Labute approximate surface area is 107 Å². The summed E-state index contributed by atoms with van der Waals surface area (Å²) in [4.78, 5) is 11.1. The van der Waals surface area contributed by atoms with E-state index in [2.05, 4.69) is 4.74 Å². The maximum Gasteiger partial charge on any atom is 0.307 e. The first kappa shape index (κ1) is 14.5. The van der Waals surface area contributed by atoms with E-state index >= 15 is 0 Å². The van der Waals surface area contributed by atoms with Gasteiger partial charge in [-0.15, -0.1) is 0 Å². The molecular weight excluding hydrogens is 234 g/mol.